The van der Waals surface area contributed by atoms with Gasteiger partial charge in [0, 0.05) is 31.8 Å². The van der Waals surface area contributed by atoms with Crippen molar-refractivity contribution in [3.8, 4) is 0 Å². The molecule has 0 aliphatic rings. The van der Waals surface area contributed by atoms with Crippen LogP contribution in [0, 0.1) is 13.8 Å². The molecule has 0 saturated heterocycles. The summed E-state index contributed by atoms with van der Waals surface area (Å²) in [7, 11) is -6.75. The van der Waals surface area contributed by atoms with E-state index in [2.05, 4.69) is 0 Å². The molecular weight excluding hydrogens is 478 g/mol. The molecule has 2 nitrogen and oxygen atoms in total. The molecule has 5 aromatic carbocycles. The van der Waals surface area contributed by atoms with Gasteiger partial charge in [-0.15, -0.1) is 0 Å². The first-order valence-electron chi connectivity index (χ1n) is 12.0. The van der Waals surface area contributed by atoms with Crippen molar-refractivity contribution in [1.82, 2.24) is 0 Å². The van der Waals surface area contributed by atoms with Gasteiger partial charge in [-0.3, -0.25) is 0 Å². The third-order valence-corrected chi connectivity index (χ3v) is 13.4. The molecule has 0 unspecified atom stereocenters. The van der Waals surface area contributed by atoms with Crippen molar-refractivity contribution in [2.75, 3.05) is 0 Å². The van der Waals surface area contributed by atoms with Gasteiger partial charge in [-0.25, -0.2) is 0 Å². The molecule has 0 fully saturated rings. The minimum absolute atomic E-state index is 0.622. The highest BCUT2D eigenvalue weighted by Gasteiger charge is 2.40. The van der Waals surface area contributed by atoms with Crippen LogP contribution in [0.3, 0.4) is 0 Å². The number of rotatable bonds is 6. The Balaban J connectivity index is 1.91. The third-order valence-electron chi connectivity index (χ3n) is 6.71. The molecule has 0 radical (unpaired) electrons. The van der Waals surface area contributed by atoms with Crippen LogP contribution in [-0.2, 0) is 9.13 Å². The van der Waals surface area contributed by atoms with Crippen LogP contribution in [-0.4, -0.2) is 0 Å². The molecular formula is C32H28O2P2. The Morgan fingerprint density at radius 2 is 0.667 bits per heavy atom. The van der Waals surface area contributed by atoms with Gasteiger partial charge in [-0.05, 0) is 25.0 Å². The molecule has 0 aliphatic heterocycles. The Morgan fingerprint density at radius 1 is 0.361 bits per heavy atom. The first kappa shape index (κ1) is 24.3. The zero-order chi connectivity index (χ0) is 25.2. The summed E-state index contributed by atoms with van der Waals surface area (Å²) < 4.78 is 31.1. The van der Waals surface area contributed by atoms with E-state index in [1.165, 1.54) is 0 Å². The molecule has 0 aliphatic carbocycles. The van der Waals surface area contributed by atoms with Gasteiger partial charge in [0.25, 0.3) is 0 Å². The topological polar surface area (TPSA) is 34.1 Å². The van der Waals surface area contributed by atoms with Gasteiger partial charge in [0.1, 0.15) is 0 Å². The number of aryl methyl sites for hydroxylation is 2. The molecule has 0 aromatic heterocycles. The summed E-state index contributed by atoms with van der Waals surface area (Å²) in [6.45, 7) is 3.99. The molecule has 178 valence electrons. The average Bonchev–Trinajstić information content (AvgIpc) is 2.94. The van der Waals surface area contributed by atoms with Gasteiger partial charge in [-0.2, -0.15) is 0 Å². The molecule has 0 N–H and O–H groups in total. The zero-order valence-corrected chi connectivity index (χ0v) is 22.2. The van der Waals surface area contributed by atoms with Gasteiger partial charge >= 0.3 is 0 Å². The van der Waals surface area contributed by atoms with Crippen LogP contribution >= 0.6 is 14.3 Å². The lowest BCUT2D eigenvalue weighted by Crippen LogP contribution is -2.39. The van der Waals surface area contributed by atoms with E-state index in [1.54, 1.807) is 0 Å². The fourth-order valence-electron chi connectivity index (χ4n) is 4.92. The minimum atomic E-state index is -3.40. The van der Waals surface area contributed by atoms with Crippen molar-refractivity contribution in [2.24, 2.45) is 0 Å². The summed E-state index contributed by atoms with van der Waals surface area (Å²) in [6.07, 6.45) is 0. The Morgan fingerprint density at radius 3 is 1.06 bits per heavy atom. The van der Waals surface area contributed by atoms with E-state index in [-0.39, 0.29) is 0 Å². The maximum absolute atomic E-state index is 15.7. The summed E-state index contributed by atoms with van der Waals surface area (Å²) >= 11 is 0. The van der Waals surface area contributed by atoms with Crippen molar-refractivity contribution in [3.05, 3.63) is 145 Å². The lowest BCUT2D eigenvalue weighted by atomic mass is 10.2. The minimum Gasteiger partial charge on any atom is -0.309 e. The quantitative estimate of drug-likeness (QED) is 0.282. The standard InChI is InChI=1S/C32H28O2P2/c1-25-15-9-11-21-29(25)36(34,30-22-12-10-16-26(30)2)32-24-14-13-23-31(32)35(33,27-17-5-3-6-18-27)28-19-7-4-8-20-28/h3-24H,1-2H3. The highest BCUT2D eigenvalue weighted by Crippen LogP contribution is 2.49. The maximum Gasteiger partial charge on any atom is 0.172 e. The van der Waals surface area contributed by atoms with E-state index < -0.39 is 14.3 Å². The zero-order valence-electron chi connectivity index (χ0n) is 20.4. The molecule has 0 saturated carbocycles. The Hall–Kier alpha value is -3.44. The van der Waals surface area contributed by atoms with Crippen molar-refractivity contribution in [1.29, 1.82) is 0 Å². The smallest absolute Gasteiger partial charge is 0.172 e. The fraction of sp³-hybridized carbons (Fsp3) is 0.0625. The van der Waals surface area contributed by atoms with Crippen molar-refractivity contribution in [2.45, 2.75) is 13.8 Å². The monoisotopic (exact) mass is 506 g/mol. The van der Waals surface area contributed by atoms with Gasteiger partial charge in [0.05, 0.1) is 0 Å². The number of benzene rings is 5. The maximum atomic E-state index is 15.7. The predicted molar refractivity (Wildman–Crippen MR) is 155 cm³/mol. The lowest BCUT2D eigenvalue weighted by molar-refractivity contribution is 0.590. The third kappa shape index (κ3) is 4.01. The van der Waals surface area contributed by atoms with Crippen molar-refractivity contribution in [3.63, 3.8) is 0 Å². The van der Waals surface area contributed by atoms with E-state index in [0.717, 1.165) is 32.3 Å². The van der Waals surface area contributed by atoms with Gasteiger partial charge < -0.3 is 9.13 Å². The molecule has 0 amide bonds. The van der Waals surface area contributed by atoms with E-state index in [9.17, 15) is 0 Å². The normalized spacial score (nSPS) is 11.8. The summed E-state index contributed by atoms with van der Waals surface area (Å²) in [4.78, 5) is 0. The van der Waals surface area contributed by atoms with Gasteiger partial charge in [0.15, 0.2) is 14.3 Å². The van der Waals surface area contributed by atoms with Crippen molar-refractivity contribution >= 4 is 46.1 Å². The van der Waals surface area contributed by atoms with E-state index in [4.69, 9.17) is 0 Å². The molecule has 0 bridgehead atoms. The Kier molecular flexibility index (Phi) is 6.67. The van der Waals surface area contributed by atoms with E-state index in [1.807, 2.05) is 147 Å². The second kappa shape index (κ2) is 9.90. The summed E-state index contributed by atoms with van der Waals surface area (Å²) in [6, 6.07) is 42.5. The van der Waals surface area contributed by atoms with Crippen LogP contribution in [0.1, 0.15) is 11.1 Å². The lowest BCUT2D eigenvalue weighted by Gasteiger charge is -2.29. The Bertz CT molecular complexity index is 1520. The molecule has 5 aromatic rings. The largest absolute Gasteiger partial charge is 0.309 e. The highest BCUT2D eigenvalue weighted by molar-refractivity contribution is 7.90. The predicted octanol–water partition coefficient (Wildman–Crippen LogP) is 5.58. The molecule has 0 heterocycles. The van der Waals surface area contributed by atoms with Crippen LogP contribution in [0.4, 0.5) is 0 Å². The molecule has 0 atom stereocenters. The van der Waals surface area contributed by atoms with Crippen molar-refractivity contribution < 1.29 is 9.13 Å². The summed E-state index contributed by atoms with van der Waals surface area (Å²) in [5, 5.41) is 4.26. The highest BCUT2D eigenvalue weighted by atomic mass is 31.2. The number of hydrogen-bond acceptors (Lipinski definition) is 2. The first-order valence-corrected chi connectivity index (χ1v) is 15.4. The number of hydrogen-bond donors (Lipinski definition) is 0. The second-order valence-electron chi connectivity index (χ2n) is 8.95. The molecule has 4 heteroatoms. The van der Waals surface area contributed by atoms with Crippen LogP contribution in [0.2, 0.25) is 0 Å². The van der Waals surface area contributed by atoms with Gasteiger partial charge in [-0.1, -0.05) is 133 Å². The van der Waals surface area contributed by atoms with Crippen LogP contribution in [0.5, 0.6) is 0 Å². The van der Waals surface area contributed by atoms with Crippen LogP contribution in [0.15, 0.2) is 133 Å². The van der Waals surface area contributed by atoms with Crippen LogP contribution < -0.4 is 31.8 Å². The molecule has 0 spiro atoms. The van der Waals surface area contributed by atoms with Crippen LogP contribution in [0.25, 0.3) is 0 Å². The second-order valence-corrected chi connectivity index (χ2v) is 14.3. The first-order chi connectivity index (χ1) is 17.5. The Labute approximate surface area is 213 Å². The van der Waals surface area contributed by atoms with E-state index >= 15 is 9.13 Å². The van der Waals surface area contributed by atoms with Gasteiger partial charge in [0.2, 0.25) is 0 Å². The van der Waals surface area contributed by atoms with E-state index in [0.29, 0.717) is 10.6 Å². The summed E-state index contributed by atoms with van der Waals surface area (Å²) in [5.74, 6) is 0. The fourth-order valence-corrected chi connectivity index (χ4v) is 11.7. The summed E-state index contributed by atoms with van der Waals surface area (Å²) in [5.41, 5.74) is 1.90. The molecule has 36 heavy (non-hydrogen) atoms. The SMILES string of the molecule is Cc1ccccc1P(=O)(c1ccccc1C)c1ccccc1P(=O)(c1ccccc1)c1ccccc1. The molecule has 5 rings (SSSR count). The average molecular weight is 507 g/mol.